The van der Waals surface area contributed by atoms with E-state index in [2.05, 4.69) is 15.8 Å². The Morgan fingerprint density at radius 1 is 1.29 bits per heavy atom. The molecule has 3 fully saturated rings. The van der Waals surface area contributed by atoms with Gasteiger partial charge in [0.15, 0.2) is 0 Å². The molecule has 3 unspecified atom stereocenters. The molecule has 0 spiro atoms. The van der Waals surface area contributed by atoms with E-state index in [1.54, 1.807) is 0 Å². The lowest BCUT2D eigenvalue weighted by atomic mass is 9.64. The average Bonchev–Trinajstić information content (AvgIpc) is 3.42. The van der Waals surface area contributed by atoms with Crippen molar-refractivity contribution in [2.75, 3.05) is 47.1 Å². The summed E-state index contributed by atoms with van der Waals surface area (Å²) in [6.45, 7) is 1.64. The molecular weight excluding hydrogens is 505 g/mol. The van der Waals surface area contributed by atoms with Crippen LogP contribution in [0.2, 0.25) is 0 Å². The number of fused-ring (bicyclic) bond motifs is 1. The summed E-state index contributed by atoms with van der Waals surface area (Å²) in [4.78, 5) is 29.5. The van der Waals surface area contributed by atoms with Crippen LogP contribution in [0.1, 0.15) is 54.1 Å². The second-order valence-electron chi connectivity index (χ2n) is 11.0. The molecule has 10 nitrogen and oxygen atoms in total. The maximum absolute atomic E-state index is 14.1. The van der Waals surface area contributed by atoms with E-state index in [1.807, 2.05) is 7.05 Å². The Labute approximate surface area is 218 Å². The number of alkyl halides is 3. The first kappa shape index (κ1) is 27.1. The van der Waals surface area contributed by atoms with Crippen LogP contribution in [-0.2, 0) is 10.9 Å². The van der Waals surface area contributed by atoms with Crippen molar-refractivity contribution < 1.29 is 27.8 Å². The molecule has 5 rings (SSSR count). The normalized spacial score (nSPS) is 26.0. The van der Waals surface area contributed by atoms with Crippen molar-refractivity contribution >= 4 is 11.4 Å². The fraction of sp³-hybridized carbons (Fsp3) is 0.680. The van der Waals surface area contributed by atoms with E-state index in [1.165, 1.54) is 24.0 Å². The molecule has 2 aliphatic heterocycles. The summed E-state index contributed by atoms with van der Waals surface area (Å²) in [7, 11) is 3.43. The van der Waals surface area contributed by atoms with Crippen molar-refractivity contribution in [3.05, 3.63) is 40.1 Å². The number of hydrogen-bond acceptors (Lipinski definition) is 7. The van der Waals surface area contributed by atoms with E-state index in [0.29, 0.717) is 26.1 Å². The number of aromatic nitrogens is 2. The Morgan fingerprint density at radius 2 is 2.05 bits per heavy atom. The zero-order chi connectivity index (χ0) is 27.2. The highest BCUT2D eigenvalue weighted by Gasteiger charge is 2.49. The molecule has 0 bridgehead atoms. The highest BCUT2D eigenvalue weighted by molar-refractivity contribution is 5.94. The van der Waals surface area contributed by atoms with Gasteiger partial charge in [-0.05, 0) is 44.7 Å². The first-order valence-corrected chi connectivity index (χ1v) is 13.0. The summed E-state index contributed by atoms with van der Waals surface area (Å²) < 4.78 is 50.2. The van der Waals surface area contributed by atoms with Gasteiger partial charge >= 0.3 is 11.9 Å². The zero-order valence-electron chi connectivity index (χ0n) is 21.6. The Hall–Kier alpha value is -2.45. The fourth-order valence-electron chi connectivity index (χ4n) is 6.24. The number of imidazole rings is 1. The van der Waals surface area contributed by atoms with E-state index >= 15 is 0 Å². The van der Waals surface area contributed by atoms with E-state index in [-0.39, 0.29) is 47.8 Å². The van der Waals surface area contributed by atoms with Crippen molar-refractivity contribution in [2.24, 2.45) is 11.3 Å². The molecule has 1 saturated carbocycles. The Bertz CT molecular complexity index is 1240. The van der Waals surface area contributed by atoms with Crippen LogP contribution in [0.3, 0.4) is 0 Å². The highest BCUT2D eigenvalue weighted by Crippen LogP contribution is 2.49. The fourth-order valence-corrected chi connectivity index (χ4v) is 6.24. The number of hydrogen-bond donors (Lipinski definition) is 3. The van der Waals surface area contributed by atoms with Crippen LogP contribution in [0.4, 0.5) is 13.2 Å². The van der Waals surface area contributed by atoms with Gasteiger partial charge in [0.05, 0.1) is 49.3 Å². The number of carbonyl (C=O) groups is 1. The first-order chi connectivity index (χ1) is 18.0. The van der Waals surface area contributed by atoms with Crippen LogP contribution in [-0.4, -0.2) is 83.1 Å². The standard InChI is InChI=1S/C25H35F3N6O4/c1-31(6-7-35)22(36)16-8-19(25(26,27)28)20-12-33(23(37)34(20)11-16)18-5-3-4-17(9-18)24(13-38-14-24)10-21-30-29-15-32(21)2/h8,11-12,17-18,21,29-30,35H,3-7,9-10,13-15H2,1-2H3. The first-order valence-electron chi connectivity index (χ1n) is 13.0. The third kappa shape index (κ3) is 4.86. The van der Waals surface area contributed by atoms with Gasteiger partial charge in [-0.15, -0.1) is 0 Å². The molecule has 4 heterocycles. The number of aliphatic hydroxyl groups is 1. The molecular formula is C25H35F3N6O4. The highest BCUT2D eigenvalue weighted by atomic mass is 19.4. The predicted molar refractivity (Wildman–Crippen MR) is 132 cm³/mol. The number of nitrogens with one attached hydrogen (secondary N) is 2. The van der Waals surface area contributed by atoms with Crippen molar-refractivity contribution in [3.63, 3.8) is 0 Å². The lowest BCUT2D eigenvalue weighted by Gasteiger charge is -2.51. The van der Waals surface area contributed by atoms with Gasteiger partial charge in [-0.25, -0.2) is 15.6 Å². The summed E-state index contributed by atoms with van der Waals surface area (Å²) in [5.74, 6) is -0.428. The number of likely N-dealkylation sites (N-methyl/N-ethyl adjacent to an activating group) is 1. The van der Waals surface area contributed by atoms with E-state index in [9.17, 15) is 22.8 Å². The van der Waals surface area contributed by atoms with Crippen LogP contribution < -0.4 is 16.5 Å². The molecule has 0 radical (unpaired) electrons. The summed E-state index contributed by atoms with van der Waals surface area (Å²) in [5.41, 5.74) is 4.26. The van der Waals surface area contributed by atoms with Crippen molar-refractivity contribution in [2.45, 2.75) is 50.5 Å². The molecule has 1 aliphatic carbocycles. The van der Waals surface area contributed by atoms with Crippen molar-refractivity contribution in [1.82, 2.24) is 29.6 Å². The van der Waals surface area contributed by atoms with Gasteiger partial charge in [0.2, 0.25) is 0 Å². The van der Waals surface area contributed by atoms with Gasteiger partial charge < -0.3 is 14.7 Å². The Kier molecular flexibility index (Phi) is 7.33. The minimum atomic E-state index is -4.76. The number of pyridine rings is 1. The summed E-state index contributed by atoms with van der Waals surface area (Å²) in [5, 5.41) is 9.12. The minimum absolute atomic E-state index is 0.0364. The largest absolute Gasteiger partial charge is 0.418 e. The summed E-state index contributed by atoms with van der Waals surface area (Å²) in [6.07, 6.45) is 1.97. The van der Waals surface area contributed by atoms with Gasteiger partial charge in [0.25, 0.3) is 5.91 Å². The van der Waals surface area contributed by atoms with E-state index in [0.717, 1.165) is 41.3 Å². The second-order valence-corrected chi connectivity index (χ2v) is 11.0. The van der Waals surface area contributed by atoms with Crippen LogP contribution in [0.5, 0.6) is 0 Å². The van der Waals surface area contributed by atoms with Crippen LogP contribution >= 0.6 is 0 Å². The van der Waals surface area contributed by atoms with Gasteiger partial charge in [-0.2, -0.15) is 13.2 Å². The monoisotopic (exact) mass is 540 g/mol. The molecule has 38 heavy (non-hydrogen) atoms. The number of hydrazine groups is 1. The number of amides is 1. The number of carbonyl (C=O) groups excluding carboxylic acids is 1. The SMILES string of the molecule is CN(CCO)C(=O)c1cc(C(F)(F)F)c2cn(C3CCCC(C4(CC5NNCN5C)COC4)C3)c(=O)n2c1. The number of halogens is 3. The molecule has 2 aromatic rings. The number of rotatable bonds is 7. The number of aliphatic hydroxyl groups excluding tert-OH is 1. The smallest absolute Gasteiger partial charge is 0.395 e. The number of ether oxygens (including phenoxy) is 1. The van der Waals surface area contributed by atoms with E-state index < -0.39 is 23.3 Å². The zero-order valence-corrected chi connectivity index (χ0v) is 21.6. The van der Waals surface area contributed by atoms with Gasteiger partial charge in [0, 0.05) is 37.4 Å². The number of nitrogens with zero attached hydrogens (tertiary/aromatic N) is 4. The van der Waals surface area contributed by atoms with Gasteiger partial charge in [0.1, 0.15) is 0 Å². The Morgan fingerprint density at radius 3 is 2.66 bits per heavy atom. The third-order valence-corrected chi connectivity index (χ3v) is 8.54. The molecule has 210 valence electrons. The second kappa shape index (κ2) is 10.3. The van der Waals surface area contributed by atoms with Crippen molar-refractivity contribution in [3.8, 4) is 0 Å². The summed E-state index contributed by atoms with van der Waals surface area (Å²) in [6, 6.07) is 0.544. The molecule has 1 amide bonds. The molecule has 13 heteroatoms. The molecule has 3 atom stereocenters. The minimum Gasteiger partial charge on any atom is -0.395 e. The average molecular weight is 541 g/mol. The molecule has 2 saturated heterocycles. The lowest BCUT2D eigenvalue weighted by molar-refractivity contribution is -0.167. The predicted octanol–water partition coefficient (Wildman–Crippen LogP) is 1.65. The molecule has 3 N–H and O–H groups in total. The van der Waals surface area contributed by atoms with Crippen LogP contribution in [0, 0.1) is 11.3 Å². The van der Waals surface area contributed by atoms with E-state index in [4.69, 9.17) is 9.84 Å². The molecule has 2 aromatic heterocycles. The van der Waals surface area contributed by atoms with Gasteiger partial charge in [-0.1, -0.05) is 6.42 Å². The summed E-state index contributed by atoms with van der Waals surface area (Å²) >= 11 is 0. The lowest BCUT2D eigenvalue weighted by Crippen LogP contribution is -2.54. The van der Waals surface area contributed by atoms with Crippen LogP contribution in [0.25, 0.3) is 5.52 Å². The quantitative estimate of drug-likeness (QED) is 0.491. The maximum atomic E-state index is 14.1. The van der Waals surface area contributed by atoms with Crippen LogP contribution in [0.15, 0.2) is 23.3 Å². The molecule has 3 aliphatic rings. The topological polar surface area (TPSA) is 103 Å². The van der Waals surface area contributed by atoms with Crippen molar-refractivity contribution in [1.29, 1.82) is 0 Å². The Balaban J connectivity index is 1.47. The third-order valence-electron chi connectivity index (χ3n) is 8.54. The maximum Gasteiger partial charge on any atom is 0.418 e. The van der Waals surface area contributed by atoms with Gasteiger partial charge in [-0.3, -0.25) is 18.7 Å². The molecule has 0 aromatic carbocycles.